The SMILES string of the molecule is Cc1cc(CNC(=O)C(C)Oc2cccc3ccccc23)ncn1. The van der Waals surface area contributed by atoms with Crippen molar-refractivity contribution in [1.82, 2.24) is 15.3 Å². The summed E-state index contributed by atoms with van der Waals surface area (Å²) >= 11 is 0. The fourth-order valence-corrected chi connectivity index (χ4v) is 2.47. The first kappa shape index (κ1) is 15.9. The molecule has 5 nitrogen and oxygen atoms in total. The number of carbonyl (C=O) groups excluding carboxylic acids is 1. The zero-order valence-electron chi connectivity index (χ0n) is 13.7. The van der Waals surface area contributed by atoms with E-state index in [1.807, 2.05) is 55.5 Å². The number of fused-ring (bicyclic) bond motifs is 1. The van der Waals surface area contributed by atoms with E-state index in [-0.39, 0.29) is 5.91 Å². The van der Waals surface area contributed by atoms with Crippen molar-refractivity contribution >= 4 is 16.7 Å². The maximum atomic E-state index is 12.3. The number of nitrogens with zero attached hydrogens (tertiary/aromatic N) is 2. The molecule has 1 unspecified atom stereocenters. The number of hydrogen-bond acceptors (Lipinski definition) is 4. The van der Waals surface area contributed by atoms with E-state index in [2.05, 4.69) is 15.3 Å². The van der Waals surface area contributed by atoms with Gasteiger partial charge in [-0.05, 0) is 31.4 Å². The molecular weight excluding hydrogens is 302 g/mol. The van der Waals surface area contributed by atoms with Gasteiger partial charge >= 0.3 is 0 Å². The van der Waals surface area contributed by atoms with Gasteiger partial charge in [0, 0.05) is 11.1 Å². The largest absolute Gasteiger partial charge is 0.480 e. The monoisotopic (exact) mass is 321 g/mol. The number of nitrogens with one attached hydrogen (secondary N) is 1. The standard InChI is InChI=1S/C19H19N3O2/c1-13-10-16(22-12-21-13)11-20-19(23)14(2)24-18-9-5-7-15-6-3-4-8-17(15)18/h3-10,12,14H,11H2,1-2H3,(H,20,23). The first-order chi connectivity index (χ1) is 11.6. The summed E-state index contributed by atoms with van der Waals surface area (Å²) in [6, 6.07) is 15.6. The summed E-state index contributed by atoms with van der Waals surface area (Å²) in [6.07, 6.45) is 0.895. The Morgan fingerprint density at radius 1 is 1.17 bits per heavy atom. The van der Waals surface area contributed by atoms with Crippen LogP contribution >= 0.6 is 0 Å². The lowest BCUT2D eigenvalue weighted by Crippen LogP contribution is -2.36. The van der Waals surface area contributed by atoms with Gasteiger partial charge in [0.1, 0.15) is 12.1 Å². The molecule has 0 saturated carbocycles. The van der Waals surface area contributed by atoms with Crippen LogP contribution in [0.3, 0.4) is 0 Å². The van der Waals surface area contributed by atoms with Gasteiger partial charge in [-0.3, -0.25) is 4.79 Å². The number of amides is 1. The summed E-state index contributed by atoms with van der Waals surface area (Å²) in [5.41, 5.74) is 1.64. The molecule has 0 fully saturated rings. The van der Waals surface area contributed by atoms with Gasteiger partial charge in [-0.15, -0.1) is 0 Å². The van der Waals surface area contributed by atoms with Crippen LogP contribution in [0.25, 0.3) is 10.8 Å². The molecule has 3 rings (SSSR count). The number of aryl methyl sites for hydroxylation is 1. The van der Waals surface area contributed by atoms with E-state index in [0.29, 0.717) is 12.3 Å². The van der Waals surface area contributed by atoms with E-state index in [1.165, 1.54) is 6.33 Å². The molecule has 1 aromatic heterocycles. The van der Waals surface area contributed by atoms with Gasteiger partial charge in [-0.1, -0.05) is 36.4 Å². The molecular formula is C19H19N3O2. The van der Waals surface area contributed by atoms with Crippen LogP contribution in [0, 0.1) is 6.92 Å². The average molecular weight is 321 g/mol. The Labute approximate surface area is 140 Å². The number of aromatic nitrogens is 2. The first-order valence-corrected chi connectivity index (χ1v) is 7.83. The van der Waals surface area contributed by atoms with Crippen LogP contribution < -0.4 is 10.1 Å². The molecule has 122 valence electrons. The smallest absolute Gasteiger partial charge is 0.261 e. The summed E-state index contributed by atoms with van der Waals surface area (Å²) in [4.78, 5) is 20.4. The number of rotatable bonds is 5. The summed E-state index contributed by atoms with van der Waals surface area (Å²) < 4.78 is 5.86. The van der Waals surface area contributed by atoms with Gasteiger partial charge in [0.05, 0.1) is 12.2 Å². The van der Waals surface area contributed by atoms with Crippen molar-refractivity contribution < 1.29 is 9.53 Å². The zero-order chi connectivity index (χ0) is 16.9. The highest BCUT2D eigenvalue weighted by atomic mass is 16.5. The topological polar surface area (TPSA) is 64.1 Å². The third-order valence-corrected chi connectivity index (χ3v) is 3.73. The van der Waals surface area contributed by atoms with E-state index in [4.69, 9.17) is 4.74 Å². The lowest BCUT2D eigenvalue weighted by atomic mass is 10.1. The Hall–Kier alpha value is -2.95. The highest BCUT2D eigenvalue weighted by Gasteiger charge is 2.15. The lowest BCUT2D eigenvalue weighted by molar-refractivity contribution is -0.127. The van der Waals surface area contributed by atoms with Crippen molar-refractivity contribution in [3.05, 3.63) is 66.2 Å². The van der Waals surface area contributed by atoms with Crippen LogP contribution in [0.15, 0.2) is 54.9 Å². The number of ether oxygens (including phenoxy) is 1. The van der Waals surface area contributed by atoms with E-state index in [9.17, 15) is 4.79 Å². The van der Waals surface area contributed by atoms with Gasteiger partial charge in [0.25, 0.3) is 5.91 Å². The van der Waals surface area contributed by atoms with Crippen molar-refractivity contribution in [2.45, 2.75) is 26.5 Å². The van der Waals surface area contributed by atoms with E-state index >= 15 is 0 Å². The highest BCUT2D eigenvalue weighted by molar-refractivity contribution is 5.89. The summed E-state index contributed by atoms with van der Waals surface area (Å²) in [5, 5.41) is 4.91. The third-order valence-electron chi connectivity index (χ3n) is 3.73. The van der Waals surface area contributed by atoms with Crippen LogP contribution in [0.2, 0.25) is 0 Å². The normalized spacial score (nSPS) is 11.9. The molecule has 0 aliphatic heterocycles. The molecule has 24 heavy (non-hydrogen) atoms. The van der Waals surface area contributed by atoms with Crippen LogP contribution in [0.1, 0.15) is 18.3 Å². The minimum Gasteiger partial charge on any atom is -0.480 e. The predicted octanol–water partition coefficient (Wildman–Crippen LogP) is 3.02. The van der Waals surface area contributed by atoms with Crippen molar-refractivity contribution in [2.75, 3.05) is 0 Å². The molecule has 1 heterocycles. The average Bonchev–Trinajstić information content (AvgIpc) is 2.60. The van der Waals surface area contributed by atoms with Crippen LogP contribution in [-0.4, -0.2) is 22.0 Å². The number of hydrogen-bond donors (Lipinski definition) is 1. The lowest BCUT2D eigenvalue weighted by Gasteiger charge is -2.16. The van der Waals surface area contributed by atoms with Gasteiger partial charge in [0.2, 0.25) is 0 Å². The molecule has 2 aromatic carbocycles. The van der Waals surface area contributed by atoms with Crippen molar-refractivity contribution in [2.24, 2.45) is 0 Å². The minimum atomic E-state index is -0.598. The zero-order valence-corrected chi connectivity index (χ0v) is 13.7. The Morgan fingerprint density at radius 2 is 1.96 bits per heavy atom. The molecule has 0 aliphatic rings. The summed E-state index contributed by atoms with van der Waals surface area (Å²) in [5.74, 6) is 0.521. The van der Waals surface area contributed by atoms with Crippen molar-refractivity contribution in [3.63, 3.8) is 0 Å². The van der Waals surface area contributed by atoms with Gasteiger partial charge in [-0.2, -0.15) is 0 Å². The maximum Gasteiger partial charge on any atom is 0.261 e. The molecule has 1 N–H and O–H groups in total. The Morgan fingerprint density at radius 3 is 2.79 bits per heavy atom. The van der Waals surface area contributed by atoms with Gasteiger partial charge in [-0.25, -0.2) is 9.97 Å². The highest BCUT2D eigenvalue weighted by Crippen LogP contribution is 2.26. The second-order valence-electron chi connectivity index (χ2n) is 5.61. The van der Waals surface area contributed by atoms with Crippen LogP contribution in [0.5, 0.6) is 5.75 Å². The number of carbonyl (C=O) groups is 1. The van der Waals surface area contributed by atoms with Gasteiger partial charge < -0.3 is 10.1 Å². The van der Waals surface area contributed by atoms with E-state index in [0.717, 1.165) is 22.2 Å². The van der Waals surface area contributed by atoms with E-state index < -0.39 is 6.10 Å². The molecule has 5 heteroatoms. The van der Waals surface area contributed by atoms with Crippen molar-refractivity contribution in [1.29, 1.82) is 0 Å². The quantitative estimate of drug-likeness (QED) is 0.784. The maximum absolute atomic E-state index is 12.3. The van der Waals surface area contributed by atoms with Crippen molar-refractivity contribution in [3.8, 4) is 5.75 Å². The molecule has 1 amide bonds. The second kappa shape index (κ2) is 7.08. The van der Waals surface area contributed by atoms with E-state index in [1.54, 1.807) is 6.92 Å². The molecule has 0 radical (unpaired) electrons. The Bertz CT molecular complexity index is 859. The van der Waals surface area contributed by atoms with Gasteiger partial charge in [0.15, 0.2) is 6.10 Å². The Kier molecular flexibility index (Phi) is 4.70. The fourth-order valence-electron chi connectivity index (χ4n) is 2.47. The molecule has 0 spiro atoms. The predicted molar refractivity (Wildman–Crippen MR) is 92.7 cm³/mol. The minimum absolute atomic E-state index is 0.181. The first-order valence-electron chi connectivity index (χ1n) is 7.83. The third kappa shape index (κ3) is 3.68. The molecule has 1 atom stereocenters. The summed E-state index contributed by atoms with van der Waals surface area (Å²) in [7, 11) is 0. The number of benzene rings is 2. The Balaban J connectivity index is 1.65. The van der Waals surface area contributed by atoms with Crippen LogP contribution in [0.4, 0.5) is 0 Å². The summed E-state index contributed by atoms with van der Waals surface area (Å²) in [6.45, 7) is 3.98. The fraction of sp³-hybridized carbons (Fsp3) is 0.211. The molecule has 0 aliphatic carbocycles. The molecule has 0 bridgehead atoms. The second-order valence-corrected chi connectivity index (χ2v) is 5.61. The molecule has 0 saturated heterocycles. The molecule has 3 aromatic rings. The van der Waals surface area contributed by atoms with Crippen LogP contribution in [-0.2, 0) is 11.3 Å².